The van der Waals surface area contributed by atoms with Crippen LogP contribution in [0.1, 0.15) is 13.3 Å². The summed E-state index contributed by atoms with van der Waals surface area (Å²) in [5.41, 5.74) is 1.60. The maximum absolute atomic E-state index is 5.47. The molecule has 1 rings (SSSR count). The molecule has 1 fully saturated rings. The minimum Gasteiger partial charge on any atom is -0.299 e. The topological polar surface area (TPSA) is 3.24 Å². The van der Waals surface area contributed by atoms with Crippen LogP contribution in [0, 0.1) is 5.92 Å². The Morgan fingerprint density at radius 2 is 2.42 bits per heavy atom. The maximum atomic E-state index is 5.47. The summed E-state index contributed by atoms with van der Waals surface area (Å²) in [5.74, 6) is 0.807. The van der Waals surface area contributed by atoms with Crippen LogP contribution in [0.3, 0.4) is 0 Å². The standard InChI is InChI=1S/C9H15BrClN/c1-8-3-6-12(5-2-4-11)7-9(8)10/h2,4,8-9H,3,5-7H2,1H3/b4-2+. The minimum atomic E-state index is 0.648. The smallest absolute Gasteiger partial charge is 0.0299 e. The first kappa shape index (κ1) is 10.6. The lowest BCUT2D eigenvalue weighted by molar-refractivity contribution is 0.220. The molecule has 12 heavy (non-hydrogen) atoms. The average Bonchev–Trinajstić information content (AvgIpc) is 2.07. The molecule has 2 unspecified atom stereocenters. The van der Waals surface area contributed by atoms with Crippen molar-refractivity contribution in [3.63, 3.8) is 0 Å². The summed E-state index contributed by atoms with van der Waals surface area (Å²) < 4.78 is 0. The monoisotopic (exact) mass is 251 g/mol. The van der Waals surface area contributed by atoms with E-state index in [1.54, 1.807) is 5.54 Å². The van der Waals surface area contributed by atoms with Crippen LogP contribution in [0.25, 0.3) is 0 Å². The number of hydrogen-bond acceptors (Lipinski definition) is 1. The highest BCUT2D eigenvalue weighted by Gasteiger charge is 2.22. The van der Waals surface area contributed by atoms with Gasteiger partial charge in [-0.25, -0.2) is 0 Å². The van der Waals surface area contributed by atoms with Crippen molar-refractivity contribution in [3.8, 4) is 0 Å². The second-order valence-corrected chi connectivity index (χ2v) is 4.83. The number of nitrogens with zero attached hydrogens (tertiary/aromatic N) is 1. The van der Waals surface area contributed by atoms with E-state index >= 15 is 0 Å². The number of alkyl halides is 1. The van der Waals surface area contributed by atoms with Crippen molar-refractivity contribution in [2.75, 3.05) is 19.6 Å². The normalized spacial score (nSPS) is 32.9. The van der Waals surface area contributed by atoms with Gasteiger partial charge in [-0.3, -0.25) is 4.90 Å². The minimum absolute atomic E-state index is 0.648. The predicted molar refractivity (Wildman–Crippen MR) is 57.9 cm³/mol. The highest BCUT2D eigenvalue weighted by molar-refractivity contribution is 9.09. The first-order chi connectivity index (χ1) is 5.74. The quantitative estimate of drug-likeness (QED) is 0.683. The molecule has 0 amide bonds. The molecule has 1 aliphatic heterocycles. The van der Waals surface area contributed by atoms with Gasteiger partial charge in [0.2, 0.25) is 0 Å². The largest absolute Gasteiger partial charge is 0.299 e. The molecule has 0 radical (unpaired) electrons. The molecule has 2 atom stereocenters. The molecule has 0 bridgehead atoms. The van der Waals surface area contributed by atoms with E-state index in [1.807, 2.05) is 6.08 Å². The van der Waals surface area contributed by atoms with E-state index in [0.717, 1.165) is 19.0 Å². The molecule has 0 aromatic heterocycles. The Morgan fingerprint density at radius 3 is 3.00 bits per heavy atom. The zero-order valence-electron chi connectivity index (χ0n) is 7.34. The Balaban J connectivity index is 2.30. The molecule has 3 heteroatoms. The number of hydrogen-bond donors (Lipinski definition) is 0. The van der Waals surface area contributed by atoms with Gasteiger partial charge in [-0.2, -0.15) is 0 Å². The van der Waals surface area contributed by atoms with Gasteiger partial charge in [-0.15, -0.1) is 0 Å². The fourth-order valence-electron chi connectivity index (χ4n) is 1.44. The van der Waals surface area contributed by atoms with E-state index in [4.69, 9.17) is 11.6 Å². The van der Waals surface area contributed by atoms with Crippen molar-refractivity contribution >= 4 is 27.5 Å². The van der Waals surface area contributed by atoms with Gasteiger partial charge < -0.3 is 0 Å². The lowest BCUT2D eigenvalue weighted by Gasteiger charge is -2.33. The van der Waals surface area contributed by atoms with Gasteiger partial charge >= 0.3 is 0 Å². The molecule has 0 aromatic carbocycles. The van der Waals surface area contributed by atoms with E-state index in [0.29, 0.717) is 4.83 Å². The lowest BCUT2D eigenvalue weighted by Crippen LogP contribution is -2.40. The van der Waals surface area contributed by atoms with Crippen LogP contribution < -0.4 is 0 Å². The van der Waals surface area contributed by atoms with Gasteiger partial charge in [-0.05, 0) is 18.9 Å². The fraction of sp³-hybridized carbons (Fsp3) is 0.778. The Labute approximate surface area is 87.9 Å². The van der Waals surface area contributed by atoms with Crippen LogP contribution in [0.4, 0.5) is 0 Å². The van der Waals surface area contributed by atoms with Crippen molar-refractivity contribution < 1.29 is 0 Å². The van der Waals surface area contributed by atoms with Gasteiger partial charge in [0.25, 0.3) is 0 Å². The van der Waals surface area contributed by atoms with E-state index in [-0.39, 0.29) is 0 Å². The van der Waals surface area contributed by atoms with Crippen LogP contribution in [0.5, 0.6) is 0 Å². The molecule has 0 aliphatic carbocycles. The predicted octanol–water partition coefficient (Wildman–Crippen LogP) is 2.84. The first-order valence-corrected chi connectivity index (χ1v) is 5.71. The number of rotatable bonds is 2. The van der Waals surface area contributed by atoms with Crippen LogP contribution in [-0.4, -0.2) is 29.4 Å². The van der Waals surface area contributed by atoms with E-state index in [1.165, 1.54) is 13.0 Å². The molecule has 0 saturated carbocycles. The summed E-state index contributed by atoms with van der Waals surface area (Å²) in [7, 11) is 0. The lowest BCUT2D eigenvalue weighted by atomic mass is 9.99. The van der Waals surface area contributed by atoms with E-state index in [9.17, 15) is 0 Å². The van der Waals surface area contributed by atoms with Gasteiger partial charge in [-0.1, -0.05) is 40.5 Å². The SMILES string of the molecule is CC1CCN(C/C=C/Cl)CC1Br. The zero-order chi connectivity index (χ0) is 8.97. The number of halogens is 2. The molecule has 70 valence electrons. The molecule has 0 spiro atoms. The summed E-state index contributed by atoms with van der Waals surface area (Å²) in [6.07, 6.45) is 3.28. The third-order valence-corrected chi connectivity index (χ3v) is 3.77. The van der Waals surface area contributed by atoms with Crippen LogP contribution in [0.2, 0.25) is 0 Å². The van der Waals surface area contributed by atoms with E-state index < -0.39 is 0 Å². The maximum Gasteiger partial charge on any atom is 0.0299 e. The highest BCUT2D eigenvalue weighted by Crippen LogP contribution is 2.22. The average molecular weight is 253 g/mol. The summed E-state index contributed by atoms with van der Waals surface area (Å²) >= 11 is 9.15. The third kappa shape index (κ3) is 3.08. The summed E-state index contributed by atoms with van der Waals surface area (Å²) in [6.45, 7) is 5.62. The van der Waals surface area contributed by atoms with Crippen molar-refractivity contribution in [2.45, 2.75) is 18.2 Å². The second-order valence-electron chi connectivity index (χ2n) is 3.40. The Bertz CT molecular complexity index is 161. The van der Waals surface area contributed by atoms with Gasteiger partial charge in [0, 0.05) is 23.5 Å². The fourth-order valence-corrected chi connectivity index (χ4v) is 2.19. The van der Waals surface area contributed by atoms with Crippen molar-refractivity contribution in [2.24, 2.45) is 5.92 Å². The third-order valence-electron chi connectivity index (χ3n) is 2.40. The molecule has 1 heterocycles. The van der Waals surface area contributed by atoms with Gasteiger partial charge in [0.05, 0.1) is 0 Å². The summed E-state index contributed by atoms with van der Waals surface area (Å²) in [6, 6.07) is 0. The van der Waals surface area contributed by atoms with Crippen molar-refractivity contribution in [1.29, 1.82) is 0 Å². The van der Waals surface area contributed by atoms with Gasteiger partial charge in [0.1, 0.15) is 0 Å². The van der Waals surface area contributed by atoms with Crippen molar-refractivity contribution in [1.82, 2.24) is 4.90 Å². The molecule has 1 aliphatic rings. The van der Waals surface area contributed by atoms with Crippen LogP contribution >= 0.6 is 27.5 Å². The number of likely N-dealkylation sites (tertiary alicyclic amines) is 1. The summed E-state index contributed by atoms with van der Waals surface area (Å²) in [5, 5.41) is 0. The molecule has 1 saturated heterocycles. The Morgan fingerprint density at radius 1 is 1.67 bits per heavy atom. The van der Waals surface area contributed by atoms with E-state index in [2.05, 4.69) is 27.8 Å². The first-order valence-electron chi connectivity index (χ1n) is 4.35. The molecule has 0 aromatic rings. The molecule has 1 nitrogen and oxygen atoms in total. The van der Waals surface area contributed by atoms with Crippen molar-refractivity contribution in [3.05, 3.63) is 11.6 Å². The van der Waals surface area contributed by atoms with Crippen LogP contribution in [-0.2, 0) is 0 Å². The van der Waals surface area contributed by atoms with Gasteiger partial charge in [0.15, 0.2) is 0 Å². The summed E-state index contributed by atoms with van der Waals surface area (Å²) in [4.78, 5) is 3.06. The zero-order valence-corrected chi connectivity index (χ0v) is 9.68. The highest BCUT2D eigenvalue weighted by atomic mass is 79.9. The Hall–Kier alpha value is 0.470. The Kier molecular flexibility index (Phi) is 4.62. The number of piperidine rings is 1. The molecular formula is C9H15BrClN. The molecular weight excluding hydrogens is 237 g/mol. The molecule has 0 N–H and O–H groups in total. The van der Waals surface area contributed by atoms with Crippen LogP contribution in [0.15, 0.2) is 11.6 Å². The second kappa shape index (κ2) is 5.25.